The molecule has 170 valence electrons. The molecular formula is C27H28N2O4. The van der Waals surface area contributed by atoms with Gasteiger partial charge in [0.1, 0.15) is 28.2 Å². The zero-order chi connectivity index (χ0) is 23.7. The van der Waals surface area contributed by atoms with Gasteiger partial charge in [-0.2, -0.15) is 0 Å². The van der Waals surface area contributed by atoms with Gasteiger partial charge in [0.2, 0.25) is 5.43 Å². The van der Waals surface area contributed by atoms with Gasteiger partial charge in [-0.25, -0.2) is 0 Å². The maximum absolute atomic E-state index is 13.9. The summed E-state index contributed by atoms with van der Waals surface area (Å²) in [5.74, 6) is 1.51. The number of rotatable bonds is 6. The Bertz CT molecular complexity index is 1410. The van der Waals surface area contributed by atoms with Gasteiger partial charge in [-0.05, 0) is 38.3 Å². The lowest BCUT2D eigenvalue weighted by molar-refractivity contribution is 0.395. The number of aromatic nitrogens is 2. The van der Waals surface area contributed by atoms with E-state index in [2.05, 4.69) is 18.0 Å². The van der Waals surface area contributed by atoms with E-state index in [1.165, 1.54) is 7.11 Å². The molecule has 0 atom stereocenters. The third kappa shape index (κ3) is 4.21. The van der Waals surface area contributed by atoms with Crippen LogP contribution >= 0.6 is 0 Å². The van der Waals surface area contributed by atoms with Crippen LogP contribution in [0.1, 0.15) is 41.0 Å². The SMILES string of the molecule is CCc1cccc(-c2c(Cc3nc(C)c(C)nc3C)oc3cc(OC)cc(OC)c3c2=O)c1. The van der Waals surface area contributed by atoms with Crippen molar-refractivity contribution < 1.29 is 13.9 Å². The molecule has 2 heterocycles. The van der Waals surface area contributed by atoms with Crippen molar-refractivity contribution in [1.29, 1.82) is 0 Å². The first-order valence-electron chi connectivity index (χ1n) is 11.0. The molecule has 2 aromatic carbocycles. The highest BCUT2D eigenvalue weighted by Gasteiger charge is 2.22. The van der Waals surface area contributed by atoms with Crippen molar-refractivity contribution in [1.82, 2.24) is 9.97 Å². The van der Waals surface area contributed by atoms with Gasteiger partial charge in [0.05, 0.1) is 49.0 Å². The van der Waals surface area contributed by atoms with E-state index in [0.717, 1.165) is 40.3 Å². The number of aryl methyl sites for hydroxylation is 4. The second-order valence-corrected chi connectivity index (χ2v) is 8.09. The number of ether oxygens (including phenoxy) is 2. The lowest BCUT2D eigenvalue weighted by atomic mass is 9.97. The maximum Gasteiger partial charge on any atom is 0.204 e. The van der Waals surface area contributed by atoms with Gasteiger partial charge in [-0.1, -0.05) is 31.2 Å². The van der Waals surface area contributed by atoms with Gasteiger partial charge in [-0.15, -0.1) is 0 Å². The van der Waals surface area contributed by atoms with Gasteiger partial charge >= 0.3 is 0 Å². The van der Waals surface area contributed by atoms with Crippen molar-refractivity contribution in [2.24, 2.45) is 0 Å². The Morgan fingerprint density at radius 1 is 0.939 bits per heavy atom. The van der Waals surface area contributed by atoms with Crippen LogP contribution < -0.4 is 14.9 Å². The molecule has 0 unspecified atom stereocenters. The van der Waals surface area contributed by atoms with Crippen LogP contribution in [0.3, 0.4) is 0 Å². The zero-order valence-electron chi connectivity index (χ0n) is 19.9. The number of methoxy groups -OCH3 is 2. The molecule has 0 saturated heterocycles. The standard InChI is InChI=1S/C27H28N2O4/c1-7-18-9-8-10-19(11-18)25-24(14-21-17(4)28-15(2)16(3)29-21)33-23-13-20(31-5)12-22(32-6)26(23)27(25)30/h8-13H,7,14H2,1-6H3. The van der Waals surface area contributed by atoms with Crippen LogP contribution in [0.2, 0.25) is 0 Å². The largest absolute Gasteiger partial charge is 0.496 e. The third-order valence-electron chi connectivity index (χ3n) is 5.99. The molecular weight excluding hydrogens is 416 g/mol. The minimum atomic E-state index is -0.145. The summed E-state index contributed by atoms with van der Waals surface area (Å²) in [4.78, 5) is 23.3. The molecule has 0 N–H and O–H groups in total. The molecule has 2 aromatic heterocycles. The molecule has 6 heteroatoms. The summed E-state index contributed by atoms with van der Waals surface area (Å²) in [5.41, 5.74) is 6.08. The Balaban J connectivity index is 2.04. The number of benzene rings is 2. The van der Waals surface area contributed by atoms with Crippen LogP contribution in [0.15, 0.2) is 45.6 Å². The lowest BCUT2D eigenvalue weighted by Crippen LogP contribution is -2.12. The van der Waals surface area contributed by atoms with Crippen LogP contribution in [-0.2, 0) is 12.8 Å². The van der Waals surface area contributed by atoms with Crippen molar-refractivity contribution in [2.45, 2.75) is 40.5 Å². The molecule has 33 heavy (non-hydrogen) atoms. The predicted molar refractivity (Wildman–Crippen MR) is 129 cm³/mol. The maximum atomic E-state index is 13.9. The van der Waals surface area contributed by atoms with Crippen LogP contribution in [0.25, 0.3) is 22.1 Å². The Labute approximate surface area is 193 Å². The van der Waals surface area contributed by atoms with E-state index >= 15 is 0 Å². The first-order chi connectivity index (χ1) is 15.9. The fourth-order valence-corrected chi connectivity index (χ4v) is 4.03. The smallest absolute Gasteiger partial charge is 0.204 e. The monoisotopic (exact) mass is 444 g/mol. The normalized spacial score (nSPS) is 11.1. The molecule has 4 aromatic rings. The fraction of sp³-hybridized carbons (Fsp3) is 0.296. The summed E-state index contributed by atoms with van der Waals surface area (Å²) in [7, 11) is 3.10. The van der Waals surface area contributed by atoms with Gasteiger partial charge < -0.3 is 13.9 Å². The first kappa shape index (κ1) is 22.5. The quantitative estimate of drug-likeness (QED) is 0.399. The molecule has 6 nitrogen and oxygen atoms in total. The first-order valence-corrected chi connectivity index (χ1v) is 11.0. The van der Waals surface area contributed by atoms with Crippen molar-refractivity contribution in [3.05, 3.63) is 80.7 Å². The highest BCUT2D eigenvalue weighted by molar-refractivity contribution is 5.89. The van der Waals surface area contributed by atoms with Gasteiger partial charge in [-0.3, -0.25) is 14.8 Å². The molecule has 0 amide bonds. The van der Waals surface area contributed by atoms with E-state index in [9.17, 15) is 4.79 Å². The van der Waals surface area contributed by atoms with Gasteiger partial charge in [0.15, 0.2) is 0 Å². The lowest BCUT2D eigenvalue weighted by Gasteiger charge is -2.15. The number of hydrogen-bond donors (Lipinski definition) is 0. The topological polar surface area (TPSA) is 74.5 Å². The summed E-state index contributed by atoms with van der Waals surface area (Å²) in [5, 5.41) is 0.391. The van der Waals surface area contributed by atoms with E-state index in [1.807, 2.05) is 39.0 Å². The number of hydrogen-bond acceptors (Lipinski definition) is 6. The average molecular weight is 445 g/mol. The van der Waals surface area contributed by atoms with Crippen LogP contribution in [0.4, 0.5) is 0 Å². The van der Waals surface area contributed by atoms with E-state index in [1.54, 1.807) is 19.2 Å². The molecule has 0 bridgehead atoms. The molecule has 4 rings (SSSR count). The van der Waals surface area contributed by atoms with E-state index in [4.69, 9.17) is 18.9 Å². The van der Waals surface area contributed by atoms with Gasteiger partial charge in [0.25, 0.3) is 0 Å². The van der Waals surface area contributed by atoms with Crippen LogP contribution in [0.5, 0.6) is 11.5 Å². The second-order valence-electron chi connectivity index (χ2n) is 8.09. The van der Waals surface area contributed by atoms with E-state index in [-0.39, 0.29) is 5.43 Å². The molecule has 0 saturated carbocycles. The molecule has 0 aliphatic rings. The molecule has 0 aliphatic heterocycles. The highest BCUT2D eigenvalue weighted by Crippen LogP contribution is 2.34. The molecule has 0 spiro atoms. The zero-order valence-corrected chi connectivity index (χ0v) is 19.9. The average Bonchev–Trinajstić information content (AvgIpc) is 2.81. The number of nitrogens with zero attached hydrogens (tertiary/aromatic N) is 2. The minimum absolute atomic E-state index is 0.145. The van der Waals surface area contributed by atoms with E-state index in [0.29, 0.717) is 40.2 Å². The van der Waals surface area contributed by atoms with E-state index < -0.39 is 0 Å². The summed E-state index contributed by atoms with van der Waals surface area (Å²) in [6.45, 7) is 7.89. The minimum Gasteiger partial charge on any atom is -0.496 e. The summed E-state index contributed by atoms with van der Waals surface area (Å²) in [6, 6.07) is 11.4. The molecule has 0 fully saturated rings. The summed E-state index contributed by atoms with van der Waals surface area (Å²) >= 11 is 0. The van der Waals surface area contributed by atoms with Crippen molar-refractivity contribution in [3.63, 3.8) is 0 Å². The molecule has 0 radical (unpaired) electrons. The Kier molecular flexibility index (Phi) is 6.18. The van der Waals surface area contributed by atoms with Crippen molar-refractivity contribution in [3.8, 4) is 22.6 Å². The molecule has 0 aliphatic carbocycles. The summed E-state index contributed by atoms with van der Waals surface area (Å²) in [6.07, 6.45) is 1.21. The highest BCUT2D eigenvalue weighted by atomic mass is 16.5. The van der Waals surface area contributed by atoms with Gasteiger partial charge in [0, 0.05) is 12.1 Å². The second kappa shape index (κ2) is 9.06. The Hall–Kier alpha value is -3.67. The number of fused-ring (bicyclic) bond motifs is 1. The van der Waals surface area contributed by atoms with Crippen molar-refractivity contribution in [2.75, 3.05) is 14.2 Å². The van der Waals surface area contributed by atoms with Crippen LogP contribution in [0, 0.1) is 20.8 Å². The third-order valence-corrected chi connectivity index (χ3v) is 5.99. The summed E-state index contributed by atoms with van der Waals surface area (Å²) < 4.78 is 17.3. The predicted octanol–water partition coefficient (Wildman–Crippen LogP) is 5.35. The Morgan fingerprint density at radius 2 is 1.70 bits per heavy atom. The fourth-order valence-electron chi connectivity index (χ4n) is 4.03. The van der Waals surface area contributed by atoms with Crippen molar-refractivity contribution >= 4 is 11.0 Å². The Morgan fingerprint density at radius 3 is 2.39 bits per heavy atom. The van der Waals surface area contributed by atoms with Crippen LogP contribution in [-0.4, -0.2) is 24.2 Å².